The summed E-state index contributed by atoms with van der Waals surface area (Å²) in [4.78, 5) is 4.16. The minimum atomic E-state index is -0.228. The number of hydrogen-bond donors (Lipinski definition) is 1. The summed E-state index contributed by atoms with van der Waals surface area (Å²) in [5, 5.41) is 3.03. The van der Waals surface area contributed by atoms with E-state index in [1.807, 2.05) is 30.8 Å². The van der Waals surface area contributed by atoms with E-state index >= 15 is 0 Å². The molecule has 1 aromatic carbocycles. The fourth-order valence-corrected chi connectivity index (χ4v) is 1.50. The van der Waals surface area contributed by atoms with Gasteiger partial charge in [-0.25, -0.2) is 9.37 Å². The van der Waals surface area contributed by atoms with Crippen molar-refractivity contribution in [2.45, 2.75) is 13.5 Å². The van der Waals surface area contributed by atoms with E-state index in [1.165, 1.54) is 6.07 Å². The van der Waals surface area contributed by atoms with Crippen LogP contribution in [0.1, 0.15) is 11.4 Å². The third-order valence-electron chi connectivity index (χ3n) is 2.48. The molecule has 2 aromatic rings. The third kappa shape index (κ3) is 2.21. The van der Waals surface area contributed by atoms with Gasteiger partial charge in [0.1, 0.15) is 11.6 Å². The van der Waals surface area contributed by atoms with Gasteiger partial charge in [0.25, 0.3) is 0 Å². The normalized spacial score (nSPS) is 10.4. The maximum Gasteiger partial charge on any atom is 0.146 e. The van der Waals surface area contributed by atoms with Crippen molar-refractivity contribution in [2.24, 2.45) is 7.05 Å². The van der Waals surface area contributed by atoms with Gasteiger partial charge in [0, 0.05) is 19.4 Å². The Hall–Kier alpha value is -1.84. The molecule has 0 fully saturated rings. The summed E-state index contributed by atoms with van der Waals surface area (Å²) < 4.78 is 15.4. The van der Waals surface area contributed by atoms with Gasteiger partial charge >= 0.3 is 0 Å². The van der Waals surface area contributed by atoms with Crippen LogP contribution in [-0.2, 0) is 13.6 Å². The fourth-order valence-electron chi connectivity index (χ4n) is 1.50. The Morgan fingerprint density at radius 1 is 1.44 bits per heavy atom. The van der Waals surface area contributed by atoms with Crippen LogP contribution in [0.15, 0.2) is 30.6 Å². The number of benzene rings is 1. The van der Waals surface area contributed by atoms with Gasteiger partial charge in [-0.05, 0) is 24.6 Å². The summed E-state index contributed by atoms with van der Waals surface area (Å²) in [6, 6.07) is 5.14. The second-order valence-corrected chi connectivity index (χ2v) is 3.79. The molecule has 0 saturated heterocycles. The summed E-state index contributed by atoms with van der Waals surface area (Å²) >= 11 is 0. The molecule has 0 aliphatic heterocycles. The molecule has 0 amide bonds. The number of anilines is 1. The molecular weight excluding hydrogens is 205 g/mol. The lowest BCUT2D eigenvalue weighted by atomic mass is 10.2. The van der Waals surface area contributed by atoms with Crippen molar-refractivity contribution in [1.82, 2.24) is 9.55 Å². The zero-order valence-corrected chi connectivity index (χ0v) is 9.37. The summed E-state index contributed by atoms with van der Waals surface area (Å²) in [5.41, 5.74) is 1.42. The monoisotopic (exact) mass is 219 g/mol. The van der Waals surface area contributed by atoms with Gasteiger partial charge in [-0.1, -0.05) is 6.07 Å². The maximum absolute atomic E-state index is 13.5. The molecular formula is C12H14FN3. The highest BCUT2D eigenvalue weighted by atomic mass is 19.1. The molecule has 0 aliphatic carbocycles. The zero-order valence-electron chi connectivity index (χ0n) is 9.37. The van der Waals surface area contributed by atoms with Crippen LogP contribution < -0.4 is 5.32 Å². The number of rotatable bonds is 3. The average molecular weight is 219 g/mol. The molecule has 1 N–H and O–H groups in total. The first-order valence-corrected chi connectivity index (χ1v) is 5.13. The van der Waals surface area contributed by atoms with E-state index in [0.29, 0.717) is 12.2 Å². The lowest BCUT2D eigenvalue weighted by Crippen LogP contribution is -2.06. The van der Waals surface area contributed by atoms with E-state index in [0.717, 1.165) is 11.4 Å². The molecule has 0 atom stereocenters. The number of aromatic nitrogens is 2. The molecule has 0 unspecified atom stereocenters. The van der Waals surface area contributed by atoms with Crippen molar-refractivity contribution in [3.63, 3.8) is 0 Å². The van der Waals surface area contributed by atoms with Gasteiger partial charge < -0.3 is 9.88 Å². The lowest BCUT2D eigenvalue weighted by molar-refractivity contribution is 0.628. The highest BCUT2D eigenvalue weighted by Crippen LogP contribution is 2.15. The van der Waals surface area contributed by atoms with Gasteiger partial charge in [0.2, 0.25) is 0 Å². The molecule has 16 heavy (non-hydrogen) atoms. The minimum absolute atomic E-state index is 0.228. The van der Waals surface area contributed by atoms with Crippen LogP contribution in [0.4, 0.5) is 10.1 Å². The van der Waals surface area contributed by atoms with E-state index < -0.39 is 0 Å². The highest BCUT2D eigenvalue weighted by Gasteiger charge is 2.03. The van der Waals surface area contributed by atoms with Crippen LogP contribution in [0.3, 0.4) is 0 Å². The van der Waals surface area contributed by atoms with E-state index in [1.54, 1.807) is 12.3 Å². The predicted octanol–water partition coefficient (Wildman–Crippen LogP) is 2.48. The van der Waals surface area contributed by atoms with Crippen molar-refractivity contribution in [3.05, 3.63) is 47.8 Å². The number of nitrogens with zero attached hydrogens (tertiary/aromatic N) is 2. The van der Waals surface area contributed by atoms with Crippen LogP contribution in [0.5, 0.6) is 0 Å². The number of halogens is 1. The maximum atomic E-state index is 13.5. The number of aryl methyl sites for hydroxylation is 2. The molecule has 0 bridgehead atoms. The SMILES string of the molecule is Cc1ccc(NCc2nccn2C)c(F)c1. The van der Waals surface area contributed by atoms with E-state index in [2.05, 4.69) is 10.3 Å². The number of imidazole rings is 1. The molecule has 2 rings (SSSR count). The van der Waals surface area contributed by atoms with Gasteiger partial charge in [0.05, 0.1) is 12.2 Å². The van der Waals surface area contributed by atoms with Crippen molar-refractivity contribution < 1.29 is 4.39 Å². The predicted molar refractivity (Wildman–Crippen MR) is 61.7 cm³/mol. The second-order valence-electron chi connectivity index (χ2n) is 3.79. The smallest absolute Gasteiger partial charge is 0.146 e. The average Bonchev–Trinajstić information content (AvgIpc) is 2.63. The van der Waals surface area contributed by atoms with E-state index in [-0.39, 0.29) is 5.82 Å². The minimum Gasteiger partial charge on any atom is -0.375 e. The van der Waals surface area contributed by atoms with Crippen molar-refractivity contribution in [3.8, 4) is 0 Å². The lowest BCUT2D eigenvalue weighted by Gasteiger charge is -2.07. The van der Waals surface area contributed by atoms with Crippen molar-refractivity contribution >= 4 is 5.69 Å². The molecule has 1 heterocycles. The van der Waals surface area contributed by atoms with Crippen molar-refractivity contribution in [2.75, 3.05) is 5.32 Å². The summed E-state index contributed by atoms with van der Waals surface area (Å²) in [7, 11) is 1.91. The Morgan fingerprint density at radius 3 is 2.88 bits per heavy atom. The topological polar surface area (TPSA) is 29.9 Å². The summed E-state index contributed by atoms with van der Waals surface area (Å²) in [5.74, 6) is 0.647. The van der Waals surface area contributed by atoms with Crippen molar-refractivity contribution in [1.29, 1.82) is 0 Å². The third-order valence-corrected chi connectivity index (χ3v) is 2.48. The first kappa shape index (κ1) is 10.7. The molecule has 84 valence electrons. The van der Waals surface area contributed by atoms with E-state index in [4.69, 9.17) is 0 Å². The number of nitrogens with one attached hydrogen (secondary N) is 1. The Kier molecular flexibility index (Phi) is 2.90. The largest absolute Gasteiger partial charge is 0.375 e. The highest BCUT2D eigenvalue weighted by molar-refractivity contribution is 5.46. The second kappa shape index (κ2) is 4.35. The van der Waals surface area contributed by atoms with Gasteiger partial charge in [-0.2, -0.15) is 0 Å². The standard InChI is InChI=1S/C12H14FN3/c1-9-3-4-11(10(13)7-9)15-8-12-14-5-6-16(12)2/h3-7,15H,8H2,1-2H3. The molecule has 0 aliphatic rings. The molecule has 3 nitrogen and oxygen atoms in total. The molecule has 1 aromatic heterocycles. The van der Waals surface area contributed by atoms with Crippen LogP contribution in [0.25, 0.3) is 0 Å². The molecule has 0 spiro atoms. The Bertz CT molecular complexity index is 491. The molecule has 4 heteroatoms. The fraction of sp³-hybridized carbons (Fsp3) is 0.250. The first-order valence-electron chi connectivity index (χ1n) is 5.13. The van der Waals surface area contributed by atoms with Crippen LogP contribution in [0, 0.1) is 12.7 Å². The summed E-state index contributed by atoms with van der Waals surface area (Å²) in [6.45, 7) is 2.38. The van der Waals surface area contributed by atoms with E-state index in [9.17, 15) is 4.39 Å². The summed E-state index contributed by atoms with van der Waals surface area (Å²) in [6.07, 6.45) is 3.59. The Balaban J connectivity index is 2.08. The van der Waals surface area contributed by atoms with Gasteiger partial charge in [0.15, 0.2) is 0 Å². The van der Waals surface area contributed by atoms with Gasteiger partial charge in [-0.3, -0.25) is 0 Å². The zero-order chi connectivity index (χ0) is 11.5. The van der Waals surface area contributed by atoms with Gasteiger partial charge in [-0.15, -0.1) is 0 Å². The van der Waals surface area contributed by atoms with Crippen LogP contribution in [-0.4, -0.2) is 9.55 Å². The van der Waals surface area contributed by atoms with Crippen LogP contribution >= 0.6 is 0 Å². The first-order chi connectivity index (χ1) is 7.66. The Morgan fingerprint density at radius 2 is 2.25 bits per heavy atom. The molecule has 0 radical (unpaired) electrons. The van der Waals surface area contributed by atoms with Crippen LogP contribution in [0.2, 0.25) is 0 Å². The molecule has 0 saturated carbocycles. The number of hydrogen-bond acceptors (Lipinski definition) is 2. The quantitative estimate of drug-likeness (QED) is 0.859. The Labute approximate surface area is 93.9 Å².